The largest absolute Gasteiger partial charge is 0.383 e. The summed E-state index contributed by atoms with van der Waals surface area (Å²) in [6.45, 7) is 4.19. The van der Waals surface area contributed by atoms with E-state index in [9.17, 15) is 4.79 Å². The van der Waals surface area contributed by atoms with Crippen LogP contribution in [0.25, 0.3) is 0 Å². The number of carbonyl (C=O) groups is 1. The van der Waals surface area contributed by atoms with Crippen molar-refractivity contribution in [2.45, 2.75) is 6.92 Å². The van der Waals surface area contributed by atoms with Crippen molar-refractivity contribution in [2.24, 2.45) is 0 Å². The van der Waals surface area contributed by atoms with Gasteiger partial charge in [0.15, 0.2) is 0 Å². The van der Waals surface area contributed by atoms with Crippen LogP contribution < -0.4 is 10.4 Å². The standard InChI is InChI=1S/C11H17N3O3/c1-3-14(6-7-17-2)10-5-4-9(8-12-10)11(15)13-16/h4-5,8,16H,3,6-7H2,1-2H3,(H,13,15). The molecule has 6 nitrogen and oxygen atoms in total. The van der Waals surface area contributed by atoms with Crippen LogP contribution in [0, 0.1) is 0 Å². The van der Waals surface area contributed by atoms with E-state index in [1.54, 1.807) is 24.7 Å². The molecular formula is C11H17N3O3. The maximum Gasteiger partial charge on any atom is 0.276 e. The summed E-state index contributed by atoms with van der Waals surface area (Å²) in [5, 5.41) is 8.47. The minimum atomic E-state index is -0.566. The molecule has 0 saturated heterocycles. The molecule has 0 fully saturated rings. The van der Waals surface area contributed by atoms with E-state index in [-0.39, 0.29) is 0 Å². The molecule has 0 aromatic carbocycles. The maximum absolute atomic E-state index is 11.1. The first-order valence-electron chi connectivity index (χ1n) is 5.37. The van der Waals surface area contributed by atoms with Crippen molar-refractivity contribution in [3.63, 3.8) is 0 Å². The smallest absolute Gasteiger partial charge is 0.276 e. The van der Waals surface area contributed by atoms with Crippen LogP contribution in [0.1, 0.15) is 17.3 Å². The molecule has 1 aromatic rings. The average Bonchev–Trinajstić information content (AvgIpc) is 2.39. The summed E-state index contributed by atoms with van der Waals surface area (Å²) in [5.74, 6) is 0.211. The topological polar surface area (TPSA) is 74.7 Å². The molecule has 17 heavy (non-hydrogen) atoms. The number of amides is 1. The number of anilines is 1. The molecular weight excluding hydrogens is 222 g/mol. The van der Waals surface area contributed by atoms with Crippen molar-refractivity contribution < 1.29 is 14.7 Å². The fourth-order valence-electron chi connectivity index (χ4n) is 1.41. The van der Waals surface area contributed by atoms with E-state index in [1.165, 1.54) is 6.20 Å². The monoisotopic (exact) mass is 239 g/mol. The van der Waals surface area contributed by atoms with Gasteiger partial charge in [0.1, 0.15) is 5.82 Å². The molecule has 2 N–H and O–H groups in total. The lowest BCUT2D eigenvalue weighted by atomic mass is 10.2. The number of aromatic nitrogens is 1. The van der Waals surface area contributed by atoms with Gasteiger partial charge in [-0.15, -0.1) is 0 Å². The Bertz CT molecular complexity index is 353. The highest BCUT2D eigenvalue weighted by molar-refractivity contribution is 5.93. The van der Waals surface area contributed by atoms with Gasteiger partial charge in [0.2, 0.25) is 0 Å². The zero-order chi connectivity index (χ0) is 12.7. The molecule has 0 atom stereocenters. The molecule has 94 valence electrons. The minimum absolute atomic E-state index is 0.319. The van der Waals surface area contributed by atoms with Crippen LogP contribution in [-0.2, 0) is 4.74 Å². The average molecular weight is 239 g/mol. The summed E-state index contributed by atoms with van der Waals surface area (Å²) < 4.78 is 5.01. The Morgan fingerprint density at radius 1 is 1.59 bits per heavy atom. The molecule has 0 spiro atoms. The van der Waals surface area contributed by atoms with Crippen LogP contribution in [0.4, 0.5) is 5.82 Å². The number of nitrogens with zero attached hydrogens (tertiary/aromatic N) is 2. The van der Waals surface area contributed by atoms with Crippen molar-refractivity contribution in [1.29, 1.82) is 0 Å². The van der Waals surface area contributed by atoms with Crippen LogP contribution in [-0.4, -0.2) is 42.9 Å². The molecule has 0 aliphatic rings. The highest BCUT2D eigenvalue weighted by Crippen LogP contribution is 2.10. The molecule has 6 heteroatoms. The fourth-order valence-corrected chi connectivity index (χ4v) is 1.41. The van der Waals surface area contributed by atoms with Crippen LogP contribution >= 0.6 is 0 Å². The van der Waals surface area contributed by atoms with Crippen molar-refractivity contribution >= 4 is 11.7 Å². The van der Waals surface area contributed by atoms with Gasteiger partial charge >= 0.3 is 0 Å². The van der Waals surface area contributed by atoms with Crippen molar-refractivity contribution in [2.75, 3.05) is 31.7 Å². The number of pyridine rings is 1. The highest BCUT2D eigenvalue weighted by Gasteiger charge is 2.08. The van der Waals surface area contributed by atoms with Gasteiger partial charge in [-0.3, -0.25) is 10.0 Å². The van der Waals surface area contributed by atoms with Crippen LogP contribution in [0.3, 0.4) is 0 Å². The summed E-state index contributed by atoms with van der Waals surface area (Å²) in [7, 11) is 1.65. The molecule has 0 saturated carbocycles. The SMILES string of the molecule is CCN(CCOC)c1ccc(C(=O)NO)cn1. The zero-order valence-corrected chi connectivity index (χ0v) is 10.0. The van der Waals surface area contributed by atoms with E-state index < -0.39 is 5.91 Å². The quantitative estimate of drug-likeness (QED) is 0.564. The lowest BCUT2D eigenvalue weighted by Crippen LogP contribution is -2.28. The summed E-state index contributed by atoms with van der Waals surface area (Å²) in [6.07, 6.45) is 1.43. The van der Waals surface area contributed by atoms with E-state index in [1.807, 2.05) is 11.8 Å². The predicted octanol–water partition coefficient (Wildman–Crippen LogP) is 0.673. The molecule has 0 bridgehead atoms. The second-order valence-electron chi connectivity index (χ2n) is 3.42. The Morgan fingerprint density at radius 3 is 2.82 bits per heavy atom. The number of ether oxygens (including phenoxy) is 1. The third-order valence-electron chi connectivity index (χ3n) is 2.38. The number of hydrogen-bond acceptors (Lipinski definition) is 5. The van der Waals surface area contributed by atoms with Crippen LogP contribution in [0.5, 0.6) is 0 Å². The van der Waals surface area contributed by atoms with Crippen molar-refractivity contribution in [3.8, 4) is 0 Å². The van der Waals surface area contributed by atoms with E-state index in [4.69, 9.17) is 9.94 Å². The number of hydroxylamine groups is 1. The Kier molecular flexibility index (Phi) is 5.38. The van der Waals surface area contributed by atoms with Gasteiger partial charge in [-0.2, -0.15) is 0 Å². The number of rotatable bonds is 6. The third-order valence-corrected chi connectivity index (χ3v) is 2.38. The number of likely N-dealkylation sites (N-methyl/N-ethyl adjacent to an activating group) is 1. The summed E-state index contributed by atoms with van der Waals surface area (Å²) in [4.78, 5) is 17.3. The lowest BCUT2D eigenvalue weighted by Gasteiger charge is -2.21. The first kappa shape index (κ1) is 13.4. The van der Waals surface area contributed by atoms with Gasteiger partial charge in [0.05, 0.1) is 12.2 Å². The second-order valence-corrected chi connectivity index (χ2v) is 3.42. The Balaban J connectivity index is 2.74. The minimum Gasteiger partial charge on any atom is -0.383 e. The molecule has 0 radical (unpaired) electrons. The second kappa shape index (κ2) is 6.82. The van der Waals surface area contributed by atoms with Gasteiger partial charge in [-0.1, -0.05) is 0 Å². The molecule has 1 amide bonds. The third kappa shape index (κ3) is 3.69. The number of methoxy groups -OCH3 is 1. The van der Waals surface area contributed by atoms with Gasteiger partial charge in [0, 0.05) is 26.4 Å². The summed E-state index contributed by atoms with van der Waals surface area (Å²) in [6, 6.07) is 3.35. The molecule has 0 unspecified atom stereocenters. The molecule has 0 aliphatic carbocycles. The summed E-state index contributed by atoms with van der Waals surface area (Å²) in [5.41, 5.74) is 1.88. The van der Waals surface area contributed by atoms with Crippen LogP contribution in [0.2, 0.25) is 0 Å². The van der Waals surface area contributed by atoms with Gasteiger partial charge in [0.25, 0.3) is 5.91 Å². The van der Waals surface area contributed by atoms with E-state index in [0.29, 0.717) is 12.2 Å². The maximum atomic E-state index is 11.1. The van der Waals surface area contributed by atoms with E-state index in [2.05, 4.69) is 4.98 Å². The van der Waals surface area contributed by atoms with Crippen molar-refractivity contribution in [3.05, 3.63) is 23.9 Å². The Labute approximate surface area is 100 Å². The van der Waals surface area contributed by atoms with Crippen molar-refractivity contribution in [1.82, 2.24) is 10.5 Å². The van der Waals surface area contributed by atoms with Crippen LogP contribution in [0.15, 0.2) is 18.3 Å². The zero-order valence-electron chi connectivity index (χ0n) is 10.0. The lowest BCUT2D eigenvalue weighted by molar-refractivity contribution is 0.0706. The molecule has 1 rings (SSSR count). The molecule has 1 aromatic heterocycles. The number of hydrogen-bond donors (Lipinski definition) is 2. The van der Waals surface area contributed by atoms with E-state index in [0.717, 1.165) is 18.9 Å². The normalized spacial score (nSPS) is 10.1. The highest BCUT2D eigenvalue weighted by atomic mass is 16.5. The first-order chi connectivity index (χ1) is 8.22. The number of nitrogens with one attached hydrogen (secondary N) is 1. The van der Waals surface area contributed by atoms with E-state index >= 15 is 0 Å². The predicted molar refractivity (Wildman–Crippen MR) is 63.3 cm³/mol. The van der Waals surface area contributed by atoms with Gasteiger partial charge < -0.3 is 9.64 Å². The number of carbonyl (C=O) groups excluding carboxylic acids is 1. The first-order valence-corrected chi connectivity index (χ1v) is 5.37. The fraction of sp³-hybridized carbons (Fsp3) is 0.455. The Morgan fingerprint density at radius 2 is 2.35 bits per heavy atom. The Hall–Kier alpha value is -1.66. The van der Waals surface area contributed by atoms with Gasteiger partial charge in [-0.05, 0) is 19.1 Å². The molecule has 1 heterocycles. The molecule has 0 aliphatic heterocycles. The summed E-state index contributed by atoms with van der Waals surface area (Å²) >= 11 is 0. The van der Waals surface area contributed by atoms with Gasteiger partial charge in [-0.25, -0.2) is 10.5 Å².